The van der Waals surface area contributed by atoms with Gasteiger partial charge in [-0.2, -0.15) is 0 Å². The minimum atomic E-state index is -0.194. The summed E-state index contributed by atoms with van der Waals surface area (Å²) in [6, 6.07) is 5.61. The SMILES string of the molecule is CCn1c(Sc2cccc(Br)n2)n[nH]c1=O. The molecule has 0 fully saturated rings. The second kappa shape index (κ2) is 4.84. The fourth-order valence-electron chi connectivity index (χ4n) is 1.20. The molecule has 0 saturated heterocycles. The highest BCUT2D eigenvalue weighted by Crippen LogP contribution is 2.24. The predicted octanol–water partition coefficient (Wildman–Crippen LogP) is 1.90. The summed E-state index contributed by atoms with van der Waals surface area (Å²) in [6.07, 6.45) is 0. The number of aromatic amines is 1. The molecule has 2 aromatic heterocycles. The highest BCUT2D eigenvalue weighted by atomic mass is 79.9. The topological polar surface area (TPSA) is 63.6 Å². The van der Waals surface area contributed by atoms with Gasteiger partial charge in [-0.1, -0.05) is 6.07 Å². The lowest BCUT2D eigenvalue weighted by atomic mass is 10.5. The van der Waals surface area contributed by atoms with Gasteiger partial charge in [-0.05, 0) is 46.7 Å². The van der Waals surface area contributed by atoms with E-state index in [1.807, 2.05) is 25.1 Å². The van der Waals surface area contributed by atoms with E-state index >= 15 is 0 Å². The Balaban J connectivity index is 2.30. The van der Waals surface area contributed by atoms with Crippen LogP contribution in [-0.4, -0.2) is 19.7 Å². The first-order chi connectivity index (χ1) is 7.70. The number of hydrogen-bond acceptors (Lipinski definition) is 4. The Morgan fingerprint density at radius 2 is 2.38 bits per heavy atom. The molecule has 0 aliphatic heterocycles. The van der Waals surface area contributed by atoms with Crippen LogP contribution in [0, 0.1) is 0 Å². The molecule has 0 aliphatic carbocycles. The second-order valence-electron chi connectivity index (χ2n) is 2.96. The molecule has 0 radical (unpaired) electrons. The van der Waals surface area contributed by atoms with Gasteiger partial charge in [0.15, 0.2) is 5.16 Å². The van der Waals surface area contributed by atoms with Crippen LogP contribution in [0.3, 0.4) is 0 Å². The van der Waals surface area contributed by atoms with Crippen LogP contribution >= 0.6 is 27.7 Å². The van der Waals surface area contributed by atoms with E-state index in [4.69, 9.17) is 0 Å². The van der Waals surface area contributed by atoms with E-state index in [-0.39, 0.29) is 5.69 Å². The van der Waals surface area contributed by atoms with Crippen molar-refractivity contribution < 1.29 is 0 Å². The van der Waals surface area contributed by atoms with E-state index in [1.54, 1.807) is 4.57 Å². The molecular formula is C9H9BrN4OS. The van der Waals surface area contributed by atoms with Crippen LogP contribution in [0.1, 0.15) is 6.92 Å². The third-order valence-corrected chi connectivity index (χ3v) is 3.30. The van der Waals surface area contributed by atoms with Crippen LogP contribution < -0.4 is 5.69 Å². The molecule has 0 bridgehead atoms. The fraction of sp³-hybridized carbons (Fsp3) is 0.222. The molecule has 2 heterocycles. The van der Waals surface area contributed by atoms with Crippen LogP contribution in [0.25, 0.3) is 0 Å². The van der Waals surface area contributed by atoms with E-state index in [2.05, 4.69) is 31.1 Å². The molecule has 16 heavy (non-hydrogen) atoms. The minimum absolute atomic E-state index is 0.194. The first-order valence-electron chi connectivity index (χ1n) is 4.66. The second-order valence-corrected chi connectivity index (χ2v) is 4.76. The van der Waals surface area contributed by atoms with Crippen LogP contribution in [0.15, 0.2) is 37.8 Å². The van der Waals surface area contributed by atoms with Crippen molar-refractivity contribution in [1.82, 2.24) is 19.7 Å². The lowest BCUT2D eigenvalue weighted by Crippen LogP contribution is -2.16. The number of rotatable bonds is 3. The van der Waals surface area contributed by atoms with Crippen LogP contribution in [0.4, 0.5) is 0 Å². The number of nitrogens with one attached hydrogen (secondary N) is 1. The molecular weight excluding hydrogens is 292 g/mol. The number of hydrogen-bond donors (Lipinski definition) is 1. The van der Waals surface area contributed by atoms with Gasteiger partial charge in [0.1, 0.15) is 9.63 Å². The van der Waals surface area contributed by atoms with Crippen LogP contribution in [0.5, 0.6) is 0 Å². The Kier molecular flexibility index (Phi) is 3.45. The average molecular weight is 301 g/mol. The monoisotopic (exact) mass is 300 g/mol. The highest BCUT2D eigenvalue weighted by Gasteiger charge is 2.08. The van der Waals surface area contributed by atoms with Crippen molar-refractivity contribution in [3.8, 4) is 0 Å². The standard InChI is InChI=1S/C9H9BrN4OS/c1-2-14-8(15)12-13-9(14)16-7-5-3-4-6(10)11-7/h3-5H,2H2,1H3,(H,12,15). The Morgan fingerprint density at radius 1 is 1.56 bits per heavy atom. The zero-order chi connectivity index (χ0) is 11.5. The molecule has 0 aliphatic rings. The van der Waals surface area contributed by atoms with Gasteiger partial charge < -0.3 is 0 Å². The largest absolute Gasteiger partial charge is 0.343 e. The lowest BCUT2D eigenvalue weighted by Gasteiger charge is -2.01. The molecule has 0 aromatic carbocycles. The Morgan fingerprint density at radius 3 is 3.06 bits per heavy atom. The van der Waals surface area contributed by atoms with E-state index in [9.17, 15) is 4.79 Å². The van der Waals surface area contributed by atoms with Gasteiger partial charge in [-0.15, -0.1) is 5.10 Å². The third-order valence-electron chi connectivity index (χ3n) is 1.92. The number of aromatic nitrogens is 4. The maximum atomic E-state index is 11.3. The van der Waals surface area contributed by atoms with E-state index in [0.717, 1.165) is 9.63 Å². The molecule has 0 saturated carbocycles. The van der Waals surface area contributed by atoms with E-state index in [0.29, 0.717) is 11.7 Å². The molecule has 0 atom stereocenters. The minimum Gasteiger partial charge on any atom is -0.270 e. The smallest absolute Gasteiger partial charge is 0.270 e. The quantitative estimate of drug-likeness (QED) is 0.880. The normalized spacial score (nSPS) is 10.6. The van der Waals surface area contributed by atoms with E-state index < -0.39 is 0 Å². The Hall–Kier alpha value is -1.08. The number of H-pyrrole nitrogens is 1. The van der Waals surface area contributed by atoms with Crippen molar-refractivity contribution in [2.24, 2.45) is 0 Å². The molecule has 0 spiro atoms. The first-order valence-corrected chi connectivity index (χ1v) is 6.27. The molecule has 7 heteroatoms. The van der Waals surface area contributed by atoms with Crippen molar-refractivity contribution in [3.05, 3.63) is 33.3 Å². The summed E-state index contributed by atoms with van der Waals surface area (Å²) in [5, 5.41) is 7.78. The molecule has 84 valence electrons. The van der Waals surface area contributed by atoms with Crippen molar-refractivity contribution in [2.75, 3.05) is 0 Å². The van der Waals surface area contributed by atoms with Gasteiger partial charge in [0.05, 0.1) is 0 Å². The summed E-state index contributed by atoms with van der Waals surface area (Å²) >= 11 is 4.65. The van der Waals surface area contributed by atoms with Crippen molar-refractivity contribution >= 4 is 27.7 Å². The fourth-order valence-corrected chi connectivity index (χ4v) is 2.55. The van der Waals surface area contributed by atoms with Crippen molar-refractivity contribution in [2.45, 2.75) is 23.7 Å². The molecule has 0 amide bonds. The van der Waals surface area contributed by atoms with Gasteiger partial charge in [0, 0.05) is 6.54 Å². The van der Waals surface area contributed by atoms with Crippen molar-refractivity contribution in [1.29, 1.82) is 0 Å². The summed E-state index contributed by atoms with van der Waals surface area (Å²) in [4.78, 5) is 15.6. The highest BCUT2D eigenvalue weighted by molar-refractivity contribution is 9.10. The summed E-state index contributed by atoms with van der Waals surface area (Å²) < 4.78 is 2.33. The summed E-state index contributed by atoms with van der Waals surface area (Å²) in [5.74, 6) is 0. The Labute approximate surface area is 104 Å². The molecule has 1 N–H and O–H groups in total. The summed E-state index contributed by atoms with van der Waals surface area (Å²) in [7, 11) is 0. The van der Waals surface area contributed by atoms with E-state index in [1.165, 1.54) is 11.8 Å². The molecule has 0 unspecified atom stereocenters. The molecule has 2 aromatic rings. The van der Waals surface area contributed by atoms with Gasteiger partial charge in [-0.25, -0.2) is 14.9 Å². The number of nitrogens with zero attached hydrogens (tertiary/aromatic N) is 3. The third kappa shape index (κ3) is 2.35. The van der Waals surface area contributed by atoms with Gasteiger partial charge >= 0.3 is 5.69 Å². The van der Waals surface area contributed by atoms with Gasteiger partial charge in [-0.3, -0.25) is 4.57 Å². The average Bonchev–Trinajstić information content (AvgIpc) is 2.59. The zero-order valence-corrected chi connectivity index (χ0v) is 10.9. The maximum Gasteiger partial charge on any atom is 0.343 e. The maximum absolute atomic E-state index is 11.3. The first kappa shape index (κ1) is 11.4. The summed E-state index contributed by atoms with van der Waals surface area (Å²) in [5.41, 5.74) is -0.194. The van der Waals surface area contributed by atoms with Gasteiger partial charge in [0.25, 0.3) is 0 Å². The van der Waals surface area contributed by atoms with Gasteiger partial charge in [0.2, 0.25) is 0 Å². The molecule has 2 rings (SSSR count). The Bertz CT molecular complexity index is 550. The number of halogens is 1. The zero-order valence-electron chi connectivity index (χ0n) is 8.48. The van der Waals surface area contributed by atoms with Crippen molar-refractivity contribution in [3.63, 3.8) is 0 Å². The van der Waals surface area contributed by atoms with Crippen LogP contribution in [0.2, 0.25) is 0 Å². The lowest BCUT2D eigenvalue weighted by molar-refractivity contribution is 0.660. The van der Waals surface area contributed by atoms with Crippen LogP contribution in [-0.2, 0) is 6.54 Å². The predicted molar refractivity (Wildman–Crippen MR) is 64.6 cm³/mol. The molecule has 5 nitrogen and oxygen atoms in total. The number of pyridine rings is 1. The summed E-state index contributed by atoms with van der Waals surface area (Å²) in [6.45, 7) is 2.49.